The monoisotopic (exact) mass is 413 g/mol. The van der Waals surface area contributed by atoms with E-state index in [1.54, 1.807) is 18.2 Å². The number of imidazole rings is 1. The van der Waals surface area contributed by atoms with Crippen LogP contribution >= 0.6 is 22.6 Å². The molecular weight excluding hydrogens is 403 g/mol. The minimum Gasteiger partial charge on any atom is -0.337 e. The molecule has 0 saturated carbocycles. The fourth-order valence-electron chi connectivity index (χ4n) is 2.04. The molecule has 0 aliphatic rings. The lowest BCUT2D eigenvalue weighted by molar-refractivity contribution is 0.102. The second-order valence-electron chi connectivity index (χ2n) is 4.62. The summed E-state index contributed by atoms with van der Waals surface area (Å²) in [5.41, 5.74) is 1.86. The fraction of sp³-hybridized carbons (Fsp3) is 0.0667. The van der Waals surface area contributed by atoms with Gasteiger partial charge in [0.2, 0.25) is 0 Å². The third-order valence-corrected chi connectivity index (χ3v) is 3.72. The lowest BCUT2D eigenvalue weighted by Crippen LogP contribution is -2.11. The minimum absolute atomic E-state index is 0.308. The number of halogens is 3. The average molecular weight is 413 g/mol. The summed E-state index contributed by atoms with van der Waals surface area (Å²) in [5.74, 6) is -0.706. The van der Waals surface area contributed by atoms with Gasteiger partial charge in [-0.05, 0) is 59.0 Å². The van der Waals surface area contributed by atoms with Crippen LogP contribution in [0.3, 0.4) is 0 Å². The van der Waals surface area contributed by atoms with Crippen molar-refractivity contribution in [2.75, 3.05) is 5.32 Å². The van der Waals surface area contributed by atoms with E-state index in [9.17, 15) is 13.6 Å². The molecule has 1 heterocycles. The summed E-state index contributed by atoms with van der Waals surface area (Å²) in [6, 6.07) is 12.0. The van der Waals surface area contributed by atoms with E-state index in [2.05, 4.69) is 37.9 Å². The van der Waals surface area contributed by atoms with Gasteiger partial charge >= 0.3 is 0 Å². The number of carbonyl (C=O) groups is 1. The third-order valence-electron chi connectivity index (χ3n) is 3.05. The highest BCUT2D eigenvalue weighted by Crippen LogP contribution is 2.21. The number of aromatic amines is 1. The molecule has 0 bridgehead atoms. The minimum atomic E-state index is -2.67. The van der Waals surface area contributed by atoms with Crippen LogP contribution in [0.4, 0.5) is 14.5 Å². The Hall–Kier alpha value is -2.03. The molecular formula is C15H10F2IN3O. The van der Waals surface area contributed by atoms with Gasteiger partial charge in [-0.3, -0.25) is 4.79 Å². The quantitative estimate of drug-likeness (QED) is 0.628. The number of fused-ring (bicyclic) bond motifs is 1. The van der Waals surface area contributed by atoms with Crippen molar-refractivity contribution >= 4 is 45.2 Å². The number of carbonyl (C=O) groups excluding carboxylic acids is 1. The molecule has 2 aromatic carbocycles. The number of hydrogen-bond donors (Lipinski definition) is 2. The Bertz CT molecular complexity index is 848. The number of hydrogen-bond acceptors (Lipinski definition) is 2. The standard InChI is InChI=1S/C15H10F2IN3O/c16-13(17)14-20-11-5-4-8(6-12(11)21-14)15(22)19-10-3-1-2-9(18)7-10/h1-7,13H,(H,19,22)(H,20,21). The van der Waals surface area contributed by atoms with Gasteiger partial charge in [0.05, 0.1) is 11.0 Å². The topological polar surface area (TPSA) is 57.8 Å². The van der Waals surface area contributed by atoms with Gasteiger partial charge in [-0.15, -0.1) is 0 Å². The van der Waals surface area contributed by atoms with Crippen molar-refractivity contribution in [2.24, 2.45) is 0 Å². The maximum atomic E-state index is 12.6. The molecule has 0 fully saturated rings. The zero-order chi connectivity index (χ0) is 15.7. The molecule has 3 rings (SSSR count). The Morgan fingerprint density at radius 1 is 1.23 bits per heavy atom. The Balaban J connectivity index is 1.87. The van der Waals surface area contributed by atoms with Crippen molar-refractivity contribution in [1.82, 2.24) is 9.97 Å². The van der Waals surface area contributed by atoms with Gasteiger partial charge in [-0.1, -0.05) is 6.07 Å². The largest absolute Gasteiger partial charge is 0.337 e. The molecule has 0 aliphatic heterocycles. The van der Waals surface area contributed by atoms with E-state index in [4.69, 9.17) is 0 Å². The van der Waals surface area contributed by atoms with Crippen molar-refractivity contribution < 1.29 is 13.6 Å². The second-order valence-corrected chi connectivity index (χ2v) is 5.86. The molecule has 112 valence electrons. The zero-order valence-electron chi connectivity index (χ0n) is 11.1. The number of alkyl halides is 2. The fourth-order valence-corrected chi connectivity index (χ4v) is 2.59. The third kappa shape index (κ3) is 3.08. The number of H-pyrrole nitrogens is 1. The van der Waals surface area contributed by atoms with Crippen LogP contribution in [-0.4, -0.2) is 15.9 Å². The lowest BCUT2D eigenvalue weighted by Gasteiger charge is -2.05. The Morgan fingerprint density at radius 3 is 2.77 bits per heavy atom. The maximum Gasteiger partial charge on any atom is 0.295 e. The molecule has 2 N–H and O–H groups in total. The SMILES string of the molecule is O=C(Nc1cccc(I)c1)c1ccc2nc(C(F)F)[nH]c2c1. The number of nitrogens with zero attached hydrogens (tertiary/aromatic N) is 1. The molecule has 0 radical (unpaired) electrons. The number of amides is 1. The molecule has 0 saturated heterocycles. The van der Waals surface area contributed by atoms with E-state index in [0.717, 1.165) is 3.57 Å². The molecule has 1 aromatic heterocycles. The van der Waals surface area contributed by atoms with Crippen LogP contribution in [0, 0.1) is 3.57 Å². The summed E-state index contributed by atoms with van der Waals surface area (Å²) in [4.78, 5) is 18.5. The Labute approximate surface area is 138 Å². The zero-order valence-corrected chi connectivity index (χ0v) is 13.3. The van der Waals surface area contributed by atoms with Crippen LogP contribution in [0.15, 0.2) is 42.5 Å². The predicted octanol–water partition coefficient (Wildman–Crippen LogP) is 4.36. The molecule has 7 heteroatoms. The average Bonchev–Trinajstić information content (AvgIpc) is 2.90. The number of benzene rings is 2. The van der Waals surface area contributed by atoms with Gasteiger partial charge in [0, 0.05) is 14.8 Å². The van der Waals surface area contributed by atoms with Crippen LogP contribution in [0.2, 0.25) is 0 Å². The van der Waals surface area contributed by atoms with Gasteiger partial charge < -0.3 is 10.3 Å². The molecule has 4 nitrogen and oxygen atoms in total. The summed E-state index contributed by atoms with van der Waals surface area (Å²) in [6.45, 7) is 0. The van der Waals surface area contributed by atoms with Crippen LogP contribution in [0.1, 0.15) is 22.6 Å². The van der Waals surface area contributed by atoms with E-state index in [0.29, 0.717) is 22.3 Å². The summed E-state index contributed by atoms with van der Waals surface area (Å²) in [6.07, 6.45) is -2.67. The highest BCUT2D eigenvalue weighted by Gasteiger charge is 2.14. The van der Waals surface area contributed by atoms with E-state index >= 15 is 0 Å². The summed E-state index contributed by atoms with van der Waals surface area (Å²) < 4.78 is 26.2. The number of nitrogens with one attached hydrogen (secondary N) is 2. The van der Waals surface area contributed by atoms with Crippen molar-refractivity contribution in [3.63, 3.8) is 0 Å². The van der Waals surface area contributed by atoms with E-state index in [-0.39, 0.29) is 5.91 Å². The van der Waals surface area contributed by atoms with Crippen LogP contribution < -0.4 is 5.32 Å². The predicted molar refractivity (Wildman–Crippen MR) is 88.2 cm³/mol. The molecule has 1 amide bonds. The molecule has 3 aromatic rings. The first-order chi connectivity index (χ1) is 10.5. The van der Waals surface area contributed by atoms with Crippen LogP contribution in [-0.2, 0) is 0 Å². The smallest absolute Gasteiger partial charge is 0.295 e. The Kier molecular flexibility index (Phi) is 4.06. The summed E-state index contributed by atoms with van der Waals surface area (Å²) in [7, 11) is 0. The van der Waals surface area contributed by atoms with Gasteiger partial charge in [-0.25, -0.2) is 13.8 Å². The molecule has 0 spiro atoms. The first-order valence-electron chi connectivity index (χ1n) is 6.37. The van der Waals surface area contributed by atoms with Gasteiger partial charge in [-0.2, -0.15) is 0 Å². The molecule has 0 unspecified atom stereocenters. The van der Waals surface area contributed by atoms with E-state index in [1.807, 2.05) is 18.2 Å². The highest BCUT2D eigenvalue weighted by atomic mass is 127. The number of anilines is 1. The normalized spacial score (nSPS) is 11.1. The Morgan fingerprint density at radius 2 is 2.05 bits per heavy atom. The van der Waals surface area contributed by atoms with Gasteiger partial charge in [0.25, 0.3) is 12.3 Å². The maximum absolute atomic E-state index is 12.6. The number of rotatable bonds is 3. The second kappa shape index (κ2) is 5.99. The van der Waals surface area contributed by atoms with E-state index in [1.165, 1.54) is 6.07 Å². The summed E-state index contributed by atoms with van der Waals surface area (Å²) in [5, 5.41) is 2.77. The number of aromatic nitrogens is 2. The first-order valence-corrected chi connectivity index (χ1v) is 7.45. The molecule has 0 atom stereocenters. The van der Waals surface area contributed by atoms with Crippen LogP contribution in [0.5, 0.6) is 0 Å². The van der Waals surface area contributed by atoms with Crippen LogP contribution in [0.25, 0.3) is 11.0 Å². The van der Waals surface area contributed by atoms with E-state index < -0.39 is 12.2 Å². The van der Waals surface area contributed by atoms with Gasteiger partial charge in [0.15, 0.2) is 5.82 Å². The van der Waals surface area contributed by atoms with Gasteiger partial charge in [0.1, 0.15) is 0 Å². The summed E-state index contributed by atoms with van der Waals surface area (Å²) >= 11 is 2.15. The van der Waals surface area contributed by atoms with Crippen molar-refractivity contribution in [1.29, 1.82) is 0 Å². The molecule has 22 heavy (non-hydrogen) atoms. The first kappa shape index (κ1) is 14.9. The highest BCUT2D eigenvalue weighted by molar-refractivity contribution is 14.1. The van der Waals surface area contributed by atoms with Crippen molar-refractivity contribution in [2.45, 2.75) is 6.43 Å². The lowest BCUT2D eigenvalue weighted by atomic mass is 10.2. The van der Waals surface area contributed by atoms with Crippen molar-refractivity contribution in [3.8, 4) is 0 Å². The molecule has 0 aliphatic carbocycles. The van der Waals surface area contributed by atoms with Crippen molar-refractivity contribution in [3.05, 3.63) is 57.4 Å².